The number of carbonyl (C=O) groups is 1. The number of fused-ring (bicyclic) bond motifs is 1. The van der Waals surface area contributed by atoms with E-state index < -0.39 is 26.7 Å². The fourth-order valence-corrected chi connectivity index (χ4v) is 4.95. The van der Waals surface area contributed by atoms with Crippen LogP contribution in [0.2, 0.25) is 0 Å². The quantitative estimate of drug-likeness (QED) is 0.614. The second-order valence-corrected chi connectivity index (χ2v) is 9.09. The van der Waals surface area contributed by atoms with Crippen molar-refractivity contribution in [3.63, 3.8) is 0 Å². The molecule has 0 spiro atoms. The van der Waals surface area contributed by atoms with E-state index in [2.05, 4.69) is 4.72 Å². The van der Waals surface area contributed by atoms with Gasteiger partial charge in [0.2, 0.25) is 10.0 Å². The van der Waals surface area contributed by atoms with Crippen LogP contribution in [0.15, 0.2) is 77.7 Å². The Morgan fingerprint density at radius 3 is 2.38 bits per heavy atom. The Morgan fingerprint density at radius 2 is 1.66 bits per heavy atom. The molecule has 0 saturated heterocycles. The molecule has 0 bridgehead atoms. The van der Waals surface area contributed by atoms with Gasteiger partial charge in [0, 0.05) is 24.3 Å². The second kappa shape index (κ2) is 8.40. The number of carbonyl (C=O) groups excluding carboxylic acids is 1. The molecule has 166 valence electrons. The van der Waals surface area contributed by atoms with Crippen LogP contribution in [-0.4, -0.2) is 20.9 Å². The number of benzene rings is 3. The normalized spacial score (nSPS) is 13.8. The zero-order valence-electron chi connectivity index (χ0n) is 16.8. The average Bonchev–Trinajstić information content (AvgIpc) is 3.20. The third-order valence-electron chi connectivity index (χ3n) is 5.25. The number of hydrogen-bond acceptors (Lipinski definition) is 3. The number of anilines is 1. The molecule has 0 saturated carbocycles. The first-order valence-corrected chi connectivity index (χ1v) is 11.3. The van der Waals surface area contributed by atoms with Crippen molar-refractivity contribution in [1.29, 1.82) is 0 Å². The summed E-state index contributed by atoms with van der Waals surface area (Å²) in [6.45, 7) is 0.325. The minimum Gasteiger partial charge on any atom is -0.308 e. The molecule has 0 aliphatic carbocycles. The Hall–Kier alpha value is -3.17. The molecule has 0 aromatic heterocycles. The molecule has 3 aromatic carbocycles. The third kappa shape index (κ3) is 4.39. The number of alkyl halides is 3. The molecule has 32 heavy (non-hydrogen) atoms. The average molecular weight is 460 g/mol. The fraction of sp³-hybridized carbons (Fsp3) is 0.174. The van der Waals surface area contributed by atoms with E-state index in [1.54, 1.807) is 47.4 Å². The van der Waals surface area contributed by atoms with Gasteiger partial charge in [-0.1, -0.05) is 42.5 Å². The van der Waals surface area contributed by atoms with Gasteiger partial charge in [-0.2, -0.15) is 13.2 Å². The van der Waals surface area contributed by atoms with E-state index in [9.17, 15) is 26.4 Å². The Kier molecular flexibility index (Phi) is 5.79. The van der Waals surface area contributed by atoms with E-state index in [1.807, 2.05) is 6.07 Å². The molecule has 1 N–H and O–H groups in total. The minimum atomic E-state index is -4.78. The van der Waals surface area contributed by atoms with Crippen LogP contribution >= 0.6 is 0 Å². The van der Waals surface area contributed by atoms with Crippen LogP contribution in [0.5, 0.6) is 0 Å². The first-order valence-electron chi connectivity index (χ1n) is 9.81. The number of hydrogen-bond donors (Lipinski definition) is 1. The summed E-state index contributed by atoms with van der Waals surface area (Å²) < 4.78 is 66.9. The standard InChI is InChI=1S/C23H19F3N2O3S/c24-23(25,26)19-8-4-5-9-21(19)32(30,31)27-15-16-10-11-20-18(14-16)12-13-28(20)22(29)17-6-2-1-3-7-17/h1-11,14,27H,12-13,15H2. The lowest BCUT2D eigenvalue weighted by Gasteiger charge is -2.18. The van der Waals surface area contributed by atoms with Gasteiger partial charge in [-0.15, -0.1) is 0 Å². The number of nitrogens with zero attached hydrogens (tertiary/aromatic N) is 1. The summed E-state index contributed by atoms with van der Waals surface area (Å²) in [6.07, 6.45) is -4.18. The van der Waals surface area contributed by atoms with Crippen molar-refractivity contribution in [2.45, 2.75) is 24.0 Å². The Balaban J connectivity index is 1.51. The molecule has 5 nitrogen and oxygen atoms in total. The van der Waals surface area contributed by atoms with Crippen molar-refractivity contribution in [3.05, 3.63) is 95.1 Å². The number of rotatable bonds is 5. The van der Waals surface area contributed by atoms with Gasteiger partial charge in [-0.05, 0) is 47.9 Å². The fourth-order valence-electron chi connectivity index (χ4n) is 3.70. The largest absolute Gasteiger partial charge is 0.417 e. The molecule has 0 unspecified atom stereocenters. The summed E-state index contributed by atoms with van der Waals surface area (Å²) in [5.41, 5.74) is 1.57. The Labute approximate surface area is 183 Å². The van der Waals surface area contributed by atoms with Gasteiger partial charge in [0.1, 0.15) is 0 Å². The van der Waals surface area contributed by atoms with E-state index in [-0.39, 0.29) is 12.5 Å². The highest BCUT2D eigenvalue weighted by Crippen LogP contribution is 2.34. The highest BCUT2D eigenvalue weighted by molar-refractivity contribution is 7.89. The molecule has 9 heteroatoms. The molecule has 3 aromatic rings. The lowest BCUT2D eigenvalue weighted by molar-refractivity contribution is -0.139. The van der Waals surface area contributed by atoms with Crippen LogP contribution in [0.25, 0.3) is 0 Å². The lowest BCUT2D eigenvalue weighted by Crippen LogP contribution is -2.28. The van der Waals surface area contributed by atoms with Crippen LogP contribution in [0.4, 0.5) is 18.9 Å². The van der Waals surface area contributed by atoms with Crippen molar-refractivity contribution in [1.82, 2.24) is 4.72 Å². The van der Waals surface area contributed by atoms with Gasteiger partial charge in [0.15, 0.2) is 0 Å². The molecule has 1 amide bonds. The Morgan fingerprint density at radius 1 is 0.969 bits per heavy atom. The number of amides is 1. The molecule has 4 rings (SSSR count). The van der Waals surface area contributed by atoms with Crippen molar-refractivity contribution < 1.29 is 26.4 Å². The molecule has 1 aliphatic rings. The van der Waals surface area contributed by atoms with Crippen LogP contribution in [-0.2, 0) is 29.2 Å². The molecule has 0 atom stereocenters. The number of halogens is 3. The topological polar surface area (TPSA) is 66.5 Å². The van der Waals surface area contributed by atoms with E-state index >= 15 is 0 Å². The maximum Gasteiger partial charge on any atom is 0.417 e. The first kappa shape index (κ1) is 22.0. The summed E-state index contributed by atoms with van der Waals surface area (Å²) >= 11 is 0. The first-order chi connectivity index (χ1) is 15.2. The molecule has 1 aliphatic heterocycles. The lowest BCUT2D eigenvalue weighted by atomic mass is 10.1. The highest BCUT2D eigenvalue weighted by atomic mass is 32.2. The van der Waals surface area contributed by atoms with E-state index in [4.69, 9.17) is 0 Å². The summed E-state index contributed by atoms with van der Waals surface area (Å²) in [5.74, 6) is -0.124. The summed E-state index contributed by atoms with van der Waals surface area (Å²) in [4.78, 5) is 13.6. The van der Waals surface area contributed by atoms with Crippen molar-refractivity contribution in [2.75, 3.05) is 11.4 Å². The summed E-state index contributed by atoms with van der Waals surface area (Å²) in [7, 11) is -4.38. The highest BCUT2D eigenvalue weighted by Gasteiger charge is 2.36. The Bertz CT molecular complexity index is 1260. The van der Waals surface area contributed by atoms with Gasteiger partial charge in [0.25, 0.3) is 5.91 Å². The van der Waals surface area contributed by atoms with Gasteiger partial charge >= 0.3 is 6.18 Å². The minimum absolute atomic E-state index is 0.124. The third-order valence-corrected chi connectivity index (χ3v) is 6.71. The smallest absolute Gasteiger partial charge is 0.308 e. The van der Waals surface area contributed by atoms with Gasteiger partial charge in [-0.3, -0.25) is 4.79 Å². The number of nitrogens with one attached hydrogen (secondary N) is 1. The molecule has 0 radical (unpaired) electrons. The van der Waals surface area contributed by atoms with Crippen molar-refractivity contribution >= 4 is 21.6 Å². The van der Waals surface area contributed by atoms with Gasteiger partial charge < -0.3 is 4.90 Å². The maximum atomic E-state index is 13.2. The molecular formula is C23H19F3N2O3S. The van der Waals surface area contributed by atoms with E-state index in [1.165, 1.54) is 6.07 Å². The monoisotopic (exact) mass is 460 g/mol. The van der Waals surface area contributed by atoms with Crippen LogP contribution in [0.3, 0.4) is 0 Å². The van der Waals surface area contributed by atoms with E-state index in [0.717, 1.165) is 29.4 Å². The SMILES string of the molecule is O=C(c1ccccc1)N1CCc2cc(CNS(=O)(=O)c3ccccc3C(F)(F)F)ccc21. The van der Waals surface area contributed by atoms with Crippen LogP contribution < -0.4 is 9.62 Å². The van der Waals surface area contributed by atoms with Crippen molar-refractivity contribution in [2.24, 2.45) is 0 Å². The summed E-state index contributed by atoms with van der Waals surface area (Å²) in [5, 5.41) is 0. The predicted octanol–water partition coefficient (Wildman–Crippen LogP) is 4.39. The van der Waals surface area contributed by atoms with Crippen molar-refractivity contribution in [3.8, 4) is 0 Å². The number of sulfonamides is 1. The molecule has 0 fully saturated rings. The second-order valence-electron chi connectivity index (χ2n) is 7.35. The predicted molar refractivity (Wildman–Crippen MR) is 114 cm³/mol. The van der Waals surface area contributed by atoms with Gasteiger partial charge in [-0.25, -0.2) is 13.1 Å². The van der Waals surface area contributed by atoms with Crippen LogP contribution in [0, 0.1) is 0 Å². The zero-order chi connectivity index (χ0) is 22.9. The van der Waals surface area contributed by atoms with Gasteiger partial charge in [0.05, 0.1) is 10.5 Å². The summed E-state index contributed by atoms with van der Waals surface area (Å²) in [6, 6.07) is 18.1. The maximum absolute atomic E-state index is 13.2. The molecular weight excluding hydrogens is 441 g/mol. The zero-order valence-corrected chi connectivity index (χ0v) is 17.6. The molecule has 1 heterocycles. The van der Waals surface area contributed by atoms with Crippen LogP contribution in [0.1, 0.15) is 27.0 Å². The van der Waals surface area contributed by atoms with E-state index in [0.29, 0.717) is 24.1 Å².